The fourth-order valence-corrected chi connectivity index (χ4v) is 1.96. The van der Waals surface area contributed by atoms with Gasteiger partial charge in [-0.2, -0.15) is 0 Å². The molecule has 1 saturated carbocycles. The van der Waals surface area contributed by atoms with Crippen LogP contribution in [0.3, 0.4) is 0 Å². The van der Waals surface area contributed by atoms with Gasteiger partial charge in [-0.3, -0.25) is 0 Å². The number of pyridine rings is 1. The van der Waals surface area contributed by atoms with Crippen LogP contribution < -0.4 is 10.6 Å². The first kappa shape index (κ1) is 12.2. The van der Waals surface area contributed by atoms with Gasteiger partial charge in [-0.1, -0.05) is 6.07 Å². The van der Waals surface area contributed by atoms with Crippen LogP contribution in [0.25, 0.3) is 0 Å². The maximum atomic E-state index is 5.15. The summed E-state index contributed by atoms with van der Waals surface area (Å²) >= 11 is 0. The molecule has 17 heavy (non-hydrogen) atoms. The molecule has 4 heteroatoms. The van der Waals surface area contributed by atoms with Crippen LogP contribution in [-0.4, -0.2) is 32.3 Å². The molecule has 1 heterocycles. The first-order chi connectivity index (χ1) is 8.28. The number of nitrogens with one attached hydrogen (secondary N) is 2. The maximum Gasteiger partial charge on any atom is 0.128 e. The number of hydrogen-bond donors (Lipinski definition) is 2. The zero-order chi connectivity index (χ0) is 12.1. The lowest BCUT2D eigenvalue weighted by molar-refractivity contribution is 0.175. The van der Waals surface area contributed by atoms with Crippen molar-refractivity contribution >= 4 is 11.6 Å². The molecule has 0 spiro atoms. The summed E-state index contributed by atoms with van der Waals surface area (Å²) in [6, 6.07) is 5.98. The van der Waals surface area contributed by atoms with Gasteiger partial charge < -0.3 is 15.4 Å². The van der Waals surface area contributed by atoms with E-state index >= 15 is 0 Å². The second-order valence-electron chi connectivity index (χ2n) is 4.75. The fraction of sp³-hybridized carbons (Fsp3) is 0.615. The summed E-state index contributed by atoms with van der Waals surface area (Å²) in [4.78, 5) is 4.45. The molecule has 4 nitrogen and oxygen atoms in total. The smallest absolute Gasteiger partial charge is 0.128 e. The van der Waals surface area contributed by atoms with E-state index in [0.29, 0.717) is 5.41 Å². The Morgan fingerprint density at radius 1 is 1.35 bits per heavy atom. The van der Waals surface area contributed by atoms with Crippen LogP contribution in [0, 0.1) is 5.41 Å². The molecule has 1 aliphatic carbocycles. The normalized spacial score (nSPS) is 16.6. The third kappa shape index (κ3) is 3.33. The topological polar surface area (TPSA) is 46.2 Å². The van der Waals surface area contributed by atoms with E-state index in [9.17, 15) is 0 Å². The van der Waals surface area contributed by atoms with Crippen molar-refractivity contribution in [2.75, 3.05) is 37.9 Å². The van der Waals surface area contributed by atoms with E-state index in [-0.39, 0.29) is 0 Å². The Morgan fingerprint density at radius 2 is 2.12 bits per heavy atom. The summed E-state index contributed by atoms with van der Waals surface area (Å²) in [5, 5.41) is 6.47. The number of ether oxygens (including phenoxy) is 1. The number of aromatic nitrogens is 1. The maximum absolute atomic E-state index is 5.15. The van der Waals surface area contributed by atoms with Crippen molar-refractivity contribution < 1.29 is 4.74 Å². The molecule has 1 aromatic rings. The number of nitrogens with zero attached hydrogens (tertiary/aromatic N) is 1. The lowest BCUT2D eigenvalue weighted by Crippen LogP contribution is -2.18. The lowest BCUT2D eigenvalue weighted by atomic mass is 10.0. The number of rotatable bonds is 7. The summed E-state index contributed by atoms with van der Waals surface area (Å²) in [5.74, 6) is 1.84. The summed E-state index contributed by atoms with van der Waals surface area (Å²) in [5.41, 5.74) is 0.452. The van der Waals surface area contributed by atoms with Gasteiger partial charge in [-0.15, -0.1) is 0 Å². The van der Waals surface area contributed by atoms with E-state index in [1.165, 1.54) is 12.8 Å². The van der Waals surface area contributed by atoms with Crippen molar-refractivity contribution in [1.29, 1.82) is 0 Å². The largest absolute Gasteiger partial charge is 0.385 e. The third-order valence-electron chi connectivity index (χ3n) is 3.44. The van der Waals surface area contributed by atoms with Gasteiger partial charge in [0.2, 0.25) is 0 Å². The molecule has 1 fully saturated rings. The molecule has 0 aromatic carbocycles. The quantitative estimate of drug-likeness (QED) is 0.761. The zero-order valence-corrected chi connectivity index (χ0v) is 10.6. The first-order valence-corrected chi connectivity index (χ1v) is 6.16. The Kier molecular flexibility index (Phi) is 3.84. The summed E-state index contributed by atoms with van der Waals surface area (Å²) in [6.45, 7) is 1.85. The highest BCUT2D eigenvalue weighted by atomic mass is 16.5. The van der Waals surface area contributed by atoms with E-state index in [2.05, 4.69) is 15.6 Å². The van der Waals surface area contributed by atoms with Crippen LogP contribution in [0.5, 0.6) is 0 Å². The molecule has 0 atom stereocenters. The molecule has 0 bridgehead atoms. The Labute approximate surface area is 103 Å². The summed E-state index contributed by atoms with van der Waals surface area (Å²) in [7, 11) is 3.65. The highest BCUT2D eigenvalue weighted by molar-refractivity contribution is 5.44. The van der Waals surface area contributed by atoms with Crippen molar-refractivity contribution in [3.63, 3.8) is 0 Å². The fourth-order valence-electron chi connectivity index (χ4n) is 1.96. The van der Waals surface area contributed by atoms with E-state index in [1.807, 2.05) is 25.2 Å². The number of hydrogen-bond acceptors (Lipinski definition) is 4. The van der Waals surface area contributed by atoms with Gasteiger partial charge >= 0.3 is 0 Å². The van der Waals surface area contributed by atoms with E-state index < -0.39 is 0 Å². The molecule has 0 unspecified atom stereocenters. The third-order valence-corrected chi connectivity index (χ3v) is 3.44. The van der Waals surface area contributed by atoms with Crippen LogP contribution in [0.2, 0.25) is 0 Å². The van der Waals surface area contributed by atoms with Gasteiger partial charge in [0.25, 0.3) is 0 Å². The summed E-state index contributed by atoms with van der Waals surface area (Å²) < 4.78 is 5.15. The van der Waals surface area contributed by atoms with Crippen molar-refractivity contribution in [2.24, 2.45) is 5.41 Å². The molecule has 0 radical (unpaired) electrons. The molecule has 0 aliphatic heterocycles. The Morgan fingerprint density at radius 3 is 2.76 bits per heavy atom. The average Bonchev–Trinajstić information content (AvgIpc) is 3.15. The van der Waals surface area contributed by atoms with Crippen LogP contribution >= 0.6 is 0 Å². The SMILES string of the molecule is CNc1cccc(NCC2(CCOC)CC2)n1. The number of methoxy groups -OCH3 is 1. The first-order valence-electron chi connectivity index (χ1n) is 6.16. The second-order valence-corrected chi connectivity index (χ2v) is 4.75. The van der Waals surface area contributed by atoms with Crippen molar-refractivity contribution in [2.45, 2.75) is 19.3 Å². The van der Waals surface area contributed by atoms with Crippen molar-refractivity contribution in [3.8, 4) is 0 Å². The molecule has 1 aliphatic rings. The molecule has 2 N–H and O–H groups in total. The molecule has 0 saturated heterocycles. The molecule has 2 rings (SSSR count). The molecular weight excluding hydrogens is 214 g/mol. The van der Waals surface area contributed by atoms with E-state index in [0.717, 1.165) is 31.2 Å². The minimum atomic E-state index is 0.452. The van der Waals surface area contributed by atoms with Crippen molar-refractivity contribution in [1.82, 2.24) is 4.98 Å². The monoisotopic (exact) mass is 235 g/mol. The average molecular weight is 235 g/mol. The Hall–Kier alpha value is -1.29. The van der Waals surface area contributed by atoms with Crippen LogP contribution in [0.15, 0.2) is 18.2 Å². The standard InChI is InChI=1S/C13H21N3O/c1-14-11-4-3-5-12(16-11)15-10-13(6-7-13)8-9-17-2/h3-5H,6-10H2,1-2H3,(H2,14,15,16). The number of anilines is 2. The van der Waals surface area contributed by atoms with Crippen LogP contribution in [0.1, 0.15) is 19.3 Å². The zero-order valence-electron chi connectivity index (χ0n) is 10.6. The van der Waals surface area contributed by atoms with Crippen molar-refractivity contribution in [3.05, 3.63) is 18.2 Å². The van der Waals surface area contributed by atoms with Gasteiger partial charge in [0.1, 0.15) is 11.6 Å². The van der Waals surface area contributed by atoms with Crippen LogP contribution in [-0.2, 0) is 4.74 Å². The van der Waals surface area contributed by atoms with E-state index in [1.54, 1.807) is 7.11 Å². The van der Waals surface area contributed by atoms with Gasteiger partial charge in [0, 0.05) is 27.3 Å². The summed E-state index contributed by atoms with van der Waals surface area (Å²) in [6.07, 6.45) is 3.74. The predicted molar refractivity (Wildman–Crippen MR) is 70.4 cm³/mol. The highest BCUT2D eigenvalue weighted by Crippen LogP contribution is 2.48. The van der Waals surface area contributed by atoms with Gasteiger partial charge in [-0.25, -0.2) is 4.98 Å². The molecule has 94 valence electrons. The minimum Gasteiger partial charge on any atom is -0.385 e. The van der Waals surface area contributed by atoms with Crippen LogP contribution in [0.4, 0.5) is 11.6 Å². The lowest BCUT2D eigenvalue weighted by Gasteiger charge is -2.16. The Bertz CT molecular complexity index is 363. The second kappa shape index (κ2) is 5.36. The van der Waals surface area contributed by atoms with Gasteiger partial charge in [-0.05, 0) is 36.8 Å². The van der Waals surface area contributed by atoms with Gasteiger partial charge in [0.15, 0.2) is 0 Å². The van der Waals surface area contributed by atoms with E-state index in [4.69, 9.17) is 4.74 Å². The Balaban J connectivity index is 1.85. The minimum absolute atomic E-state index is 0.452. The molecule has 1 aromatic heterocycles. The molecule has 0 amide bonds. The van der Waals surface area contributed by atoms with Gasteiger partial charge in [0.05, 0.1) is 0 Å². The predicted octanol–water partition coefficient (Wildman–Crippen LogP) is 2.35. The molecular formula is C13H21N3O. The highest BCUT2D eigenvalue weighted by Gasteiger charge is 2.41.